The molecule has 0 radical (unpaired) electrons. The first kappa shape index (κ1) is 10.4. The molecule has 0 aliphatic rings. The first-order valence-electron chi connectivity index (χ1n) is 4.00. The Labute approximate surface area is 67.4 Å². The molecule has 0 aromatic carbocycles. The average Bonchev–Trinajstić information content (AvgIpc) is 1.97. The maximum atomic E-state index is 10.8. The Kier molecular flexibility index (Phi) is 5.84. The lowest BCUT2D eigenvalue weighted by Gasteiger charge is -2.05. The highest BCUT2D eigenvalue weighted by Gasteiger charge is 2.02. The number of carbonyl (C=O) groups is 1. The summed E-state index contributed by atoms with van der Waals surface area (Å²) in [4.78, 5) is 10.8. The molecule has 11 heavy (non-hydrogen) atoms. The number of esters is 1. The second-order valence-corrected chi connectivity index (χ2v) is 2.64. The van der Waals surface area contributed by atoms with Crippen LogP contribution in [0.2, 0.25) is 0 Å². The highest BCUT2D eigenvalue weighted by molar-refractivity contribution is 5.69. The third kappa shape index (κ3) is 7.33. The lowest BCUT2D eigenvalue weighted by atomic mass is 10.2. The van der Waals surface area contributed by atoms with Crippen molar-refractivity contribution in [2.75, 3.05) is 6.61 Å². The average molecular weight is 160 g/mol. The molecule has 1 N–H and O–H groups in total. The maximum absolute atomic E-state index is 10.8. The molecule has 0 fully saturated rings. The van der Waals surface area contributed by atoms with Crippen LogP contribution in [0, 0.1) is 0 Å². The Hall–Kier alpha value is -0.570. The summed E-state index contributed by atoms with van der Waals surface area (Å²) in [6, 6.07) is 0. The fraction of sp³-hybridized carbons (Fsp3) is 0.875. The second kappa shape index (κ2) is 6.16. The van der Waals surface area contributed by atoms with Gasteiger partial charge >= 0.3 is 5.97 Å². The standard InChI is InChI=1S/C8H16O3/c1-3-4-5-8(10)11-6-7(2)9/h7,9H,3-6H2,1-2H3. The van der Waals surface area contributed by atoms with Crippen molar-refractivity contribution in [2.24, 2.45) is 0 Å². The zero-order chi connectivity index (χ0) is 8.69. The van der Waals surface area contributed by atoms with E-state index in [1.165, 1.54) is 0 Å². The maximum Gasteiger partial charge on any atom is 0.305 e. The predicted octanol–water partition coefficient (Wildman–Crippen LogP) is 1.10. The summed E-state index contributed by atoms with van der Waals surface area (Å²) in [5.41, 5.74) is 0. The van der Waals surface area contributed by atoms with Gasteiger partial charge < -0.3 is 9.84 Å². The summed E-state index contributed by atoms with van der Waals surface area (Å²) >= 11 is 0. The van der Waals surface area contributed by atoms with Gasteiger partial charge in [-0.25, -0.2) is 0 Å². The number of carbonyl (C=O) groups excluding carboxylic acids is 1. The molecule has 0 heterocycles. The van der Waals surface area contributed by atoms with Crippen LogP contribution >= 0.6 is 0 Å². The number of aliphatic hydroxyl groups is 1. The minimum atomic E-state index is -0.555. The fourth-order valence-corrected chi connectivity index (χ4v) is 0.607. The zero-order valence-electron chi connectivity index (χ0n) is 7.17. The van der Waals surface area contributed by atoms with Gasteiger partial charge in [-0.05, 0) is 13.3 Å². The SMILES string of the molecule is CCCCC(=O)OCC(C)O. The van der Waals surface area contributed by atoms with Gasteiger partial charge in [0, 0.05) is 6.42 Å². The molecule has 0 aliphatic heterocycles. The van der Waals surface area contributed by atoms with E-state index in [1.54, 1.807) is 6.92 Å². The van der Waals surface area contributed by atoms with Crippen LogP contribution in [0.15, 0.2) is 0 Å². The summed E-state index contributed by atoms with van der Waals surface area (Å²) in [6.45, 7) is 3.72. The van der Waals surface area contributed by atoms with Crippen LogP contribution in [-0.2, 0) is 9.53 Å². The van der Waals surface area contributed by atoms with E-state index >= 15 is 0 Å². The zero-order valence-corrected chi connectivity index (χ0v) is 7.17. The van der Waals surface area contributed by atoms with Gasteiger partial charge in [-0.15, -0.1) is 0 Å². The first-order chi connectivity index (χ1) is 5.16. The number of unbranched alkanes of at least 4 members (excludes halogenated alkanes) is 1. The minimum Gasteiger partial charge on any atom is -0.463 e. The molecule has 1 unspecified atom stereocenters. The van der Waals surface area contributed by atoms with Crippen molar-refractivity contribution in [1.29, 1.82) is 0 Å². The molecule has 3 nitrogen and oxygen atoms in total. The summed E-state index contributed by atoms with van der Waals surface area (Å²) in [7, 11) is 0. The summed E-state index contributed by atoms with van der Waals surface area (Å²) < 4.78 is 4.72. The molecule has 0 rings (SSSR count). The van der Waals surface area contributed by atoms with Gasteiger partial charge in [-0.1, -0.05) is 13.3 Å². The normalized spacial score (nSPS) is 12.6. The highest BCUT2D eigenvalue weighted by atomic mass is 16.5. The summed E-state index contributed by atoms with van der Waals surface area (Å²) in [5, 5.41) is 8.75. The van der Waals surface area contributed by atoms with E-state index < -0.39 is 6.10 Å². The quantitative estimate of drug-likeness (QED) is 0.612. The number of hydrogen-bond acceptors (Lipinski definition) is 3. The van der Waals surface area contributed by atoms with Crippen LogP contribution in [0.25, 0.3) is 0 Å². The van der Waals surface area contributed by atoms with Gasteiger partial charge in [0.25, 0.3) is 0 Å². The Morgan fingerprint density at radius 2 is 2.27 bits per heavy atom. The smallest absolute Gasteiger partial charge is 0.305 e. The molecule has 0 spiro atoms. The largest absolute Gasteiger partial charge is 0.463 e. The Balaban J connectivity index is 3.23. The van der Waals surface area contributed by atoms with Crippen molar-refractivity contribution in [3.05, 3.63) is 0 Å². The molecule has 0 aromatic rings. The summed E-state index contributed by atoms with van der Waals surface area (Å²) in [6.07, 6.45) is 1.76. The van der Waals surface area contributed by atoms with E-state index in [9.17, 15) is 4.79 Å². The number of hydrogen-bond donors (Lipinski definition) is 1. The lowest BCUT2D eigenvalue weighted by molar-refractivity contribution is -0.146. The van der Waals surface area contributed by atoms with Crippen LogP contribution in [0.5, 0.6) is 0 Å². The Morgan fingerprint density at radius 1 is 1.64 bits per heavy atom. The third-order valence-corrected chi connectivity index (χ3v) is 1.22. The van der Waals surface area contributed by atoms with E-state index in [0.29, 0.717) is 6.42 Å². The molecule has 0 saturated carbocycles. The van der Waals surface area contributed by atoms with Crippen LogP contribution in [0.3, 0.4) is 0 Å². The van der Waals surface area contributed by atoms with Crippen LogP contribution in [-0.4, -0.2) is 23.8 Å². The minimum absolute atomic E-state index is 0.114. The van der Waals surface area contributed by atoms with Crippen molar-refractivity contribution in [3.8, 4) is 0 Å². The topological polar surface area (TPSA) is 46.5 Å². The fourth-order valence-electron chi connectivity index (χ4n) is 0.607. The molecule has 0 saturated heterocycles. The van der Waals surface area contributed by atoms with Gasteiger partial charge in [0.15, 0.2) is 0 Å². The van der Waals surface area contributed by atoms with Crippen LogP contribution < -0.4 is 0 Å². The van der Waals surface area contributed by atoms with E-state index in [1.807, 2.05) is 6.92 Å². The molecule has 0 amide bonds. The van der Waals surface area contributed by atoms with Gasteiger partial charge in [0.1, 0.15) is 6.61 Å². The Bertz CT molecular complexity index is 110. The lowest BCUT2D eigenvalue weighted by Crippen LogP contribution is -2.14. The predicted molar refractivity (Wildman–Crippen MR) is 42.2 cm³/mol. The first-order valence-corrected chi connectivity index (χ1v) is 4.00. The van der Waals surface area contributed by atoms with Crippen LogP contribution in [0.1, 0.15) is 33.1 Å². The molecule has 0 bridgehead atoms. The van der Waals surface area contributed by atoms with Crippen molar-refractivity contribution >= 4 is 5.97 Å². The van der Waals surface area contributed by atoms with Crippen molar-refractivity contribution < 1.29 is 14.6 Å². The molecule has 66 valence electrons. The van der Waals surface area contributed by atoms with E-state index in [2.05, 4.69) is 0 Å². The van der Waals surface area contributed by atoms with Crippen molar-refractivity contribution in [3.63, 3.8) is 0 Å². The molecule has 3 heteroatoms. The molecule has 1 atom stereocenters. The molecular formula is C8H16O3. The van der Waals surface area contributed by atoms with Gasteiger partial charge in [0.2, 0.25) is 0 Å². The Morgan fingerprint density at radius 3 is 2.73 bits per heavy atom. The van der Waals surface area contributed by atoms with Crippen molar-refractivity contribution in [1.82, 2.24) is 0 Å². The van der Waals surface area contributed by atoms with E-state index in [0.717, 1.165) is 12.8 Å². The van der Waals surface area contributed by atoms with Crippen molar-refractivity contribution in [2.45, 2.75) is 39.2 Å². The molecule has 0 aromatic heterocycles. The monoisotopic (exact) mass is 160 g/mol. The summed E-state index contributed by atoms with van der Waals surface area (Å²) in [5.74, 6) is -0.215. The number of ether oxygens (including phenoxy) is 1. The molecule has 0 aliphatic carbocycles. The van der Waals surface area contributed by atoms with Crippen LogP contribution in [0.4, 0.5) is 0 Å². The third-order valence-electron chi connectivity index (χ3n) is 1.22. The van der Waals surface area contributed by atoms with Gasteiger partial charge in [-0.3, -0.25) is 4.79 Å². The number of rotatable bonds is 5. The second-order valence-electron chi connectivity index (χ2n) is 2.64. The van der Waals surface area contributed by atoms with Gasteiger partial charge in [0.05, 0.1) is 6.10 Å². The van der Waals surface area contributed by atoms with Gasteiger partial charge in [-0.2, -0.15) is 0 Å². The van der Waals surface area contributed by atoms with E-state index in [4.69, 9.17) is 9.84 Å². The molecular weight excluding hydrogens is 144 g/mol. The highest BCUT2D eigenvalue weighted by Crippen LogP contribution is 1.96. The number of aliphatic hydroxyl groups excluding tert-OH is 1. The van der Waals surface area contributed by atoms with E-state index in [-0.39, 0.29) is 12.6 Å².